The number of aromatic amines is 1. The van der Waals surface area contributed by atoms with Gasteiger partial charge in [-0.1, -0.05) is 0 Å². The van der Waals surface area contributed by atoms with E-state index in [9.17, 15) is 4.79 Å². The van der Waals surface area contributed by atoms with Crippen molar-refractivity contribution < 1.29 is 4.79 Å². The topological polar surface area (TPSA) is 62.1 Å². The van der Waals surface area contributed by atoms with Gasteiger partial charge in [-0.15, -0.1) is 0 Å². The predicted molar refractivity (Wildman–Crippen MR) is 73.1 cm³/mol. The van der Waals surface area contributed by atoms with Crippen LogP contribution < -0.4 is 10.6 Å². The van der Waals surface area contributed by atoms with Gasteiger partial charge in [0.05, 0.1) is 6.54 Å². The van der Waals surface area contributed by atoms with E-state index in [1.54, 1.807) is 6.20 Å². The number of nitrogens with one attached hydrogen (secondary N) is 1. The van der Waals surface area contributed by atoms with Crippen molar-refractivity contribution in [3.05, 3.63) is 30.0 Å². The van der Waals surface area contributed by atoms with Crippen LogP contribution in [-0.2, 0) is 0 Å². The molecule has 0 unspecified atom stereocenters. The summed E-state index contributed by atoms with van der Waals surface area (Å²) in [5, 5.41) is 0.981. The van der Waals surface area contributed by atoms with Gasteiger partial charge in [0.2, 0.25) is 0 Å². The van der Waals surface area contributed by atoms with Crippen molar-refractivity contribution >= 4 is 22.4 Å². The molecule has 3 rings (SSSR count). The average Bonchev–Trinajstić information content (AvgIpc) is 3.06. The van der Waals surface area contributed by atoms with E-state index >= 15 is 0 Å². The molecule has 0 spiro atoms. The number of aromatic nitrogens is 1. The lowest BCUT2D eigenvalue weighted by molar-refractivity contribution is 0.100. The normalized spacial score (nSPS) is 15.5. The van der Waals surface area contributed by atoms with Gasteiger partial charge in [-0.05, 0) is 31.0 Å². The van der Waals surface area contributed by atoms with Crippen LogP contribution in [0.1, 0.15) is 23.2 Å². The third-order valence-electron chi connectivity index (χ3n) is 3.62. The number of rotatable bonds is 3. The van der Waals surface area contributed by atoms with Crippen LogP contribution in [0.15, 0.2) is 24.4 Å². The first kappa shape index (κ1) is 11.3. The standard InChI is InChI=1S/C14H17N3O/c15-8-14(18)12-9-16-13-4-3-10(7-11(12)13)17-5-1-2-6-17/h3-4,7,9,16H,1-2,5-6,8,15H2. The number of Topliss-reactive ketones (excluding diaryl/α,β-unsaturated/α-hetero) is 1. The van der Waals surface area contributed by atoms with Gasteiger partial charge in [0.1, 0.15) is 0 Å². The minimum absolute atomic E-state index is 0.0141. The van der Waals surface area contributed by atoms with Crippen LogP contribution in [0.4, 0.5) is 5.69 Å². The molecule has 0 amide bonds. The number of carbonyl (C=O) groups excluding carboxylic acids is 1. The lowest BCUT2D eigenvalue weighted by Crippen LogP contribution is -2.17. The number of hydrogen-bond donors (Lipinski definition) is 2. The minimum Gasteiger partial charge on any atom is -0.372 e. The molecule has 4 nitrogen and oxygen atoms in total. The molecule has 1 aromatic heterocycles. The van der Waals surface area contributed by atoms with E-state index in [0.717, 1.165) is 24.0 Å². The van der Waals surface area contributed by atoms with Crippen molar-refractivity contribution in [2.75, 3.05) is 24.5 Å². The number of ketones is 1. The van der Waals surface area contributed by atoms with Crippen LogP contribution in [0, 0.1) is 0 Å². The Hall–Kier alpha value is -1.81. The quantitative estimate of drug-likeness (QED) is 0.809. The van der Waals surface area contributed by atoms with Gasteiger partial charge in [-0.3, -0.25) is 4.79 Å². The van der Waals surface area contributed by atoms with E-state index < -0.39 is 0 Å². The van der Waals surface area contributed by atoms with Crippen LogP contribution in [-0.4, -0.2) is 30.4 Å². The van der Waals surface area contributed by atoms with Crippen molar-refractivity contribution in [3.63, 3.8) is 0 Å². The van der Waals surface area contributed by atoms with Crippen LogP contribution >= 0.6 is 0 Å². The Morgan fingerprint density at radius 3 is 2.83 bits per heavy atom. The number of carbonyl (C=O) groups is 1. The van der Waals surface area contributed by atoms with Gasteiger partial charge in [0.15, 0.2) is 5.78 Å². The smallest absolute Gasteiger partial charge is 0.178 e. The Morgan fingerprint density at radius 1 is 1.33 bits per heavy atom. The number of hydrogen-bond acceptors (Lipinski definition) is 3. The summed E-state index contributed by atoms with van der Waals surface area (Å²) >= 11 is 0. The molecule has 3 N–H and O–H groups in total. The van der Waals surface area contributed by atoms with Gasteiger partial charge < -0.3 is 15.6 Å². The molecular formula is C14H17N3O. The molecule has 18 heavy (non-hydrogen) atoms. The van der Waals surface area contributed by atoms with Gasteiger partial charge in [0.25, 0.3) is 0 Å². The Kier molecular flexibility index (Phi) is 2.80. The molecule has 94 valence electrons. The summed E-state index contributed by atoms with van der Waals surface area (Å²) in [7, 11) is 0. The average molecular weight is 243 g/mol. The number of nitrogens with two attached hydrogens (primary N) is 1. The molecule has 1 fully saturated rings. The highest BCUT2D eigenvalue weighted by atomic mass is 16.1. The molecular weight excluding hydrogens is 226 g/mol. The third-order valence-corrected chi connectivity index (χ3v) is 3.62. The molecule has 1 aliphatic rings. The summed E-state index contributed by atoms with van der Waals surface area (Å²) in [5.74, 6) is -0.0141. The largest absolute Gasteiger partial charge is 0.372 e. The molecule has 0 saturated carbocycles. The highest BCUT2D eigenvalue weighted by Gasteiger charge is 2.15. The molecule has 1 saturated heterocycles. The van der Waals surface area contributed by atoms with Crippen molar-refractivity contribution in [1.82, 2.24) is 4.98 Å². The molecule has 0 bridgehead atoms. The van der Waals surface area contributed by atoms with Crippen LogP contribution in [0.3, 0.4) is 0 Å². The van der Waals surface area contributed by atoms with Gasteiger partial charge in [0, 0.05) is 41.4 Å². The fraction of sp³-hybridized carbons (Fsp3) is 0.357. The number of fused-ring (bicyclic) bond motifs is 1. The van der Waals surface area contributed by atoms with Gasteiger partial charge >= 0.3 is 0 Å². The zero-order valence-corrected chi connectivity index (χ0v) is 10.3. The second-order valence-corrected chi connectivity index (χ2v) is 4.75. The highest BCUT2D eigenvalue weighted by molar-refractivity contribution is 6.09. The molecule has 1 aromatic carbocycles. The molecule has 2 heterocycles. The molecule has 4 heteroatoms. The van der Waals surface area contributed by atoms with E-state index in [2.05, 4.69) is 22.0 Å². The lowest BCUT2D eigenvalue weighted by Gasteiger charge is -2.17. The Balaban J connectivity index is 2.06. The minimum atomic E-state index is -0.0141. The molecule has 0 radical (unpaired) electrons. The Labute approximate surface area is 106 Å². The summed E-state index contributed by atoms with van der Waals surface area (Å²) in [6.45, 7) is 2.27. The molecule has 0 aliphatic carbocycles. The maximum atomic E-state index is 11.8. The van der Waals surface area contributed by atoms with Crippen LogP contribution in [0.25, 0.3) is 10.9 Å². The zero-order valence-electron chi connectivity index (χ0n) is 10.3. The second kappa shape index (κ2) is 4.46. The first-order valence-corrected chi connectivity index (χ1v) is 6.39. The predicted octanol–water partition coefficient (Wildman–Crippen LogP) is 1.91. The summed E-state index contributed by atoms with van der Waals surface area (Å²) in [6, 6.07) is 6.25. The summed E-state index contributed by atoms with van der Waals surface area (Å²) in [5.41, 5.74) is 8.34. The Bertz CT molecular complexity index is 582. The van der Waals surface area contributed by atoms with Crippen molar-refractivity contribution in [3.8, 4) is 0 Å². The van der Waals surface area contributed by atoms with Crippen LogP contribution in [0.5, 0.6) is 0 Å². The van der Waals surface area contributed by atoms with E-state index in [1.165, 1.54) is 18.5 Å². The first-order valence-electron chi connectivity index (χ1n) is 6.39. The fourth-order valence-electron chi connectivity index (χ4n) is 2.62. The number of anilines is 1. The van der Waals surface area contributed by atoms with Crippen LogP contribution in [0.2, 0.25) is 0 Å². The van der Waals surface area contributed by atoms with E-state index in [-0.39, 0.29) is 12.3 Å². The van der Waals surface area contributed by atoms with Gasteiger partial charge in [-0.2, -0.15) is 0 Å². The first-order chi connectivity index (χ1) is 8.79. The molecule has 2 aromatic rings. The van der Waals surface area contributed by atoms with E-state index in [0.29, 0.717) is 5.56 Å². The van der Waals surface area contributed by atoms with E-state index in [4.69, 9.17) is 5.73 Å². The maximum absolute atomic E-state index is 11.8. The number of benzene rings is 1. The second-order valence-electron chi connectivity index (χ2n) is 4.75. The van der Waals surface area contributed by atoms with Crippen molar-refractivity contribution in [2.24, 2.45) is 5.73 Å². The number of nitrogens with zero attached hydrogens (tertiary/aromatic N) is 1. The SMILES string of the molecule is NCC(=O)c1c[nH]c2ccc(N3CCCC3)cc12. The number of H-pyrrole nitrogens is 1. The Morgan fingerprint density at radius 2 is 2.11 bits per heavy atom. The highest BCUT2D eigenvalue weighted by Crippen LogP contribution is 2.27. The maximum Gasteiger partial charge on any atom is 0.178 e. The van der Waals surface area contributed by atoms with E-state index in [1.807, 2.05) is 6.07 Å². The summed E-state index contributed by atoms with van der Waals surface area (Å²) < 4.78 is 0. The fourth-order valence-corrected chi connectivity index (χ4v) is 2.62. The monoisotopic (exact) mass is 243 g/mol. The molecule has 1 aliphatic heterocycles. The van der Waals surface area contributed by atoms with Crippen molar-refractivity contribution in [1.29, 1.82) is 0 Å². The lowest BCUT2D eigenvalue weighted by atomic mass is 10.1. The van der Waals surface area contributed by atoms with Gasteiger partial charge in [-0.25, -0.2) is 0 Å². The zero-order chi connectivity index (χ0) is 12.5. The summed E-state index contributed by atoms with van der Waals surface area (Å²) in [6.07, 6.45) is 4.26. The third kappa shape index (κ3) is 1.78. The summed E-state index contributed by atoms with van der Waals surface area (Å²) in [4.78, 5) is 17.3. The van der Waals surface area contributed by atoms with Crippen molar-refractivity contribution in [2.45, 2.75) is 12.8 Å². The molecule has 0 atom stereocenters.